The Morgan fingerprint density at radius 3 is 2.05 bits per heavy atom. The van der Waals surface area contributed by atoms with Crippen molar-refractivity contribution in [2.24, 2.45) is 0 Å². The molecule has 0 aliphatic heterocycles. The van der Waals surface area contributed by atoms with Crippen molar-refractivity contribution in [3.8, 4) is 11.5 Å². The van der Waals surface area contributed by atoms with Gasteiger partial charge in [0, 0.05) is 0 Å². The summed E-state index contributed by atoms with van der Waals surface area (Å²) < 4.78 is 23.3. The average molecular weight is 258 g/mol. The van der Waals surface area contributed by atoms with E-state index in [0.717, 1.165) is 16.7 Å². The van der Waals surface area contributed by atoms with E-state index in [1.54, 1.807) is 26.4 Å². The van der Waals surface area contributed by atoms with Crippen LogP contribution >= 0.6 is 0 Å². The molecule has 2 nitrogen and oxygen atoms in total. The van der Waals surface area contributed by atoms with Gasteiger partial charge in [0.1, 0.15) is 5.82 Å². The third kappa shape index (κ3) is 2.76. The second kappa shape index (κ2) is 5.57. The molecular formula is C16H15FO2. The molecule has 0 saturated carbocycles. The molecular weight excluding hydrogens is 243 g/mol. The number of benzene rings is 2. The quantitative estimate of drug-likeness (QED) is 0.828. The molecule has 3 heteroatoms. The number of ether oxygens (including phenoxy) is 2. The topological polar surface area (TPSA) is 18.5 Å². The minimum atomic E-state index is -0.260. The minimum Gasteiger partial charge on any atom is -0.493 e. The Morgan fingerprint density at radius 2 is 1.47 bits per heavy atom. The van der Waals surface area contributed by atoms with Gasteiger partial charge in [-0.25, -0.2) is 4.39 Å². The van der Waals surface area contributed by atoms with Gasteiger partial charge in [0.05, 0.1) is 14.2 Å². The van der Waals surface area contributed by atoms with E-state index < -0.39 is 0 Å². The smallest absolute Gasteiger partial charge is 0.161 e. The third-order valence-corrected chi connectivity index (χ3v) is 2.92. The van der Waals surface area contributed by atoms with Crippen LogP contribution < -0.4 is 9.47 Å². The van der Waals surface area contributed by atoms with E-state index in [-0.39, 0.29) is 5.82 Å². The van der Waals surface area contributed by atoms with Crippen molar-refractivity contribution < 1.29 is 13.9 Å². The molecule has 0 spiro atoms. The van der Waals surface area contributed by atoms with Crippen LogP contribution in [0.1, 0.15) is 11.1 Å². The van der Waals surface area contributed by atoms with Crippen LogP contribution in [0, 0.1) is 5.82 Å². The molecule has 0 saturated heterocycles. The van der Waals surface area contributed by atoms with Crippen LogP contribution in [0.4, 0.5) is 4.39 Å². The molecule has 0 aromatic heterocycles. The Bertz CT molecular complexity index is 588. The summed E-state index contributed by atoms with van der Waals surface area (Å²) in [7, 11) is 3.18. The summed E-state index contributed by atoms with van der Waals surface area (Å²) in [5, 5.41) is 0. The molecule has 0 atom stereocenters. The summed E-state index contributed by atoms with van der Waals surface area (Å²) in [5.41, 5.74) is 2.58. The molecule has 2 rings (SSSR count). The van der Waals surface area contributed by atoms with Gasteiger partial charge in [0.25, 0.3) is 0 Å². The highest BCUT2D eigenvalue weighted by molar-refractivity contribution is 5.79. The van der Waals surface area contributed by atoms with E-state index in [0.29, 0.717) is 11.5 Å². The predicted molar refractivity (Wildman–Crippen MR) is 74.1 cm³/mol. The molecule has 0 unspecified atom stereocenters. The van der Waals surface area contributed by atoms with Crippen molar-refractivity contribution in [3.05, 3.63) is 66.0 Å². The first-order valence-electron chi connectivity index (χ1n) is 5.83. The first kappa shape index (κ1) is 13.1. The lowest BCUT2D eigenvalue weighted by Crippen LogP contribution is -1.93. The van der Waals surface area contributed by atoms with Gasteiger partial charge in [-0.2, -0.15) is 0 Å². The first-order valence-corrected chi connectivity index (χ1v) is 5.83. The summed E-state index contributed by atoms with van der Waals surface area (Å²) >= 11 is 0. The molecule has 0 amide bonds. The summed E-state index contributed by atoms with van der Waals surface area (Å²) in [6.07, 6.45) is 0. The Kier molecular flexibility index (Phi) is 3.85. The summed E-state index contributed by atoms with van der Waals surface area (Å²) in [6.45, 7) is 4.04. The van der Waals surface area contributed by atoms with E-state index in [4.69, 9.17) is 9.47 Å². The van der Waals surface area contributed by atoms with Crippen LogP contribution in [-0.4, -0.2) is 14.2 Å². The predicted octanol–water partition coefficient (Wildman–Crippen LogP) is 3.90. The van der Waals surface area contributed by atoms with Crippen molar-refractivity contribution in [1.82, 2.24) is 0 Å². The number of rotatable bonds is 4. The van der Waals surface area contributed by atoms with E-state index in [9.17, 15) is 4.39 Å². The molecule has 2 aromatic carbocycles. The highest BCUT2D eigenvalue weighted by Crippen LogP contribution is 2.32. The maximum atomic E-state index is 12.9. The van der Waals surface area contributed by atoms with Crippen LogP contribution in [-0.2, 0) is 0 Å². The Hall–Kier alpha value is -2.29. The average Bonchev–Trinajstić information content (AvgIpc) is 2.46. The van der Waals surface area contributed by atoms with Gasteiger partial charge in [-0.1, -0.05) is 24.8 Å². The number of hydrogen-bond acceptors (Lipinski definition) is 2. The maximum Gasteiger partial charge on any atom is 0.161 e. The van der Waals surface area contributed by atoms with E-state index in [2.05, 4.69) is 6.58 Å². The Labute approximate surface area is 112 Å². The Balaban J connectivity index is 2.36. The van der Waals surface area contributed by atoms with Gasteiger partial charge in [0.2, 0.25) is 0 Å². The molecule has 98 valence electrons. The van der Waals surface area contributed by atoms with Crippen molar-refractivity contribution in [1.29, 1.82) is 0 Å². The van der Waals surface area contributed by atoms with Crippen LogP contribution in [0.25, 0.3) is 5.57 Å². The van der Waals surface area contributed by atoms with Crippen molar-refractivity contribution >= 4 is 5.57 Å². The molecule has 19 heavy (non-hydrogen) atoms. The minimum absolute atomic E-state index is 0.260. The summed E-state index contributed by atoms with van der Waals surface area (Å²) in [6, 6.07) is 11.8. The van der Waals surface area contributed by atoms with Crippen molar-refractivity contribution in [2.45, 2.75) is 0 Å². The maximum absolute atomic E-state index is 12.9. The standard InChI is InChI=1S/C16H15FO2/c1-11(12-4-7-14(17)8-5-12)13-6-9-15(18-2)16(10-13)19-3/h4-10H,1H2,2-3H3. The molecule has 0 radical (unpaired) electrons. The zero-order valence-electron chi connectivity index (χ0n) is 10.9. The lowest BCUT2D eigenvalue weighted by molar-refractivity contribution is 0.355. The van der Waals surface area contributed by atoms with Gasteiger partial charge in [0.15, 0.2) is 11.5 Å². The zero-order valence-corrected chi connectivity index (χ0v) is 10.9. The molecule has 0 aliphatic carbocycles. The molecule has 0 N–H and O–H groups in total. The van der Waals surface area contributed by atoms with Crippen molar-refractivity contribution in [3.63, 3.8) is 0 Å². The SMILES string of the molecule is C=C(c1ccc(F)cc1)c1ccc(OC)c(OC)c1. The Morgan fingerprint density at radius 1 is 0.895 bits per heavy atom. The van der Waals surface area contributed by atoms with E-state index >= 15 is 0 Å². The lowest BCUT2D eigenvalue weighted by atomic mass is 9.99. The third-order valence-electron chi connectivity index (χ3n) is 2.92. The van der Waals surface area contributed by atoms with E-state index in [1.165, 1.54) is 12.1 Å². The molecule has 0 bridgehead atoms. The van der Waals surface area contributed by atoms with Gasteiger partial charge >= 0.3 is 0 Å². The normalized spacial score (nSPS) is 10.1. The van der Waals surface area contributed by atoms with Crippen molar-refractivity contribution in [2.75, 3.05) is 14.2 Å². The first-order chi connectivity index (χ1) is 9.15. The molecule has 0 fully saturated rings. The fourth-order valence-electron chi connectivity index (χ4n) is 1.84. The van der Waals surface area contributed by atoms with E-state index in [1.807, 2.05) is 18.2 Å². The van der Waals surface area contributed by atoms with Gasteiger partial charge in [-0.3, -0.25) is 0 Å². The van der Waals surface area contributed by atoms with Crippen LogP contribution in [0.15, 0.2) is 49.0 Å². The number of methoxy groups -OCH3 is 2. The number of hydrogen-bond donors (Lipinski definition) is 0. The van der Waals surface area contributed by atoms with Gasteiger partial charge < -0.3 is 9.47 Å². The second-order valence-corrected chi connectivity index (χ2v) is 4.06. The van der Waals surface area contributed by atoms with Crippen LogP contribution in [0.2, 0.25) is 0 Å². The molecule has 0 aliphatic rings. The largest absolute Gasteiger partial charge is 0.493 e. The molecule has 0 heterocycles. The summed E-state index contributed by atoms with van der Waals surface area (Å²) in [4.78, 5) is 0. The second-order valence-electron chi connectivity index (χ2n) is 4.06. The monoisotopic (exact) mass is 258 g/mol. The molecule has 2 aromatic rings. The summed E-state index contributed by atoms with van der Waals surface area (Å²) in [5.74, 6) is 1.05. The fraction of sp³-hybridized carbons (Fsp3) is 0.125. The van der Waals surface area contributed by atoms with Crippen LogP contribution in [0.5, 0.6) is 11.5 Å². The van der Waals surface area contributed by atoms with Gasteiger partial charge in [-0.15, -0.1) is 0 Å². The highest BCUT2D eigenvalue weighted by Gasteiger charge is 2.08. The van der Waals surface area contributed by atoms with Crippen LogP contribution in [0.3, 0.4) is 0 Å². The van der Waals surface area contributed by atoms with Gasteiger partial charge in [-0.05, 0) is 41.0 Å². The lowest BCUT2D eigenvalue weighted by Gasteiger charge is -2.11. The zero-order chi connectivity index (χ0) is 13.8. The highest BCUT2D eigenvalue weighted by atomic mass is 19.1. The fourth-order valence-corrected chi connectivity index (χ4v) is 1.84. The number of halogens is 1.